The average molecular weight is 938 g/mol. The van der Waals surface area contributed by atoms with Crippen molar-refractivity contribution in [3.63, 3.8) is 0 Å². The van der Waals surface area contributed by atoms with E-state index in [0.29, 0.717) is 0 Å². The average Bonchev–Trinajstić information content (AvgIpc) is 4.01. The van der Waals surface area contributed by atoms with E-state index in [2.05, 4.69) is 237 Å². The third kappa shape index (κ3) is 4.49. The van der Waals surface area contributed by atoms with Crippen LogP contribution >= 0.6 is 0 Å². The van der Waals surface area contributed by atoms with Crippen molar-refractivity contribution >= 4 is 92.0 Å². The van der Waals surface area contributed by atoms with Crippen LogP contribution in [-0.2, 0) is 20.0 Å². The van der Waals surface area contributed by atoms with E-state index in [9.17, 15) is 0 Å². The third-order valence-electron chi connectivity index (χ3n) is 16.9. The van der Waals surface area contributed by atoms with Gasteiger partial charge in [-0.25, -0.2) is 0 Å². The van der Waals surface area contributed by atoms with Crippen LogP contribution in [0.15, 0.2) is 182 Å². The Balaban J connectivity index is 1.06. The van der Waals surface area contributed by atoms with Crippen LogP contribution in [0.4, 0.5) is 0 Å². The molecule has 12 aromatic rings. The Hall–Kier alpha value is -7.26. The van der Waals surface area contributed by atoms with E-state index in [0.717, 1.165) is 30.1 Å². The number of para-hydroxylation sites is 6. The van der Waals surface area contributed by atoms with Gasteiger partial charge in [0.05, 0.1) is 0 Å². The second-order valence-corrected chi connectivity index (χ2v) is 27.1. The van der Waals surface area contributed by atoms with E-state index in [1.165, 1.54) is 98.8 Å². The minimum atomic E-state index is -4.70. The summed E-state index contributed by atoms with van der Waals surface area (Å²) in [5.74, 6) is 0. The third-order valence-corrected chi connectivity index (χ3v) is 23.2. The molecule has 0 radical (unpaired) electrons. The summed E-state index contributed by atoms with van der Waals surface area (Å²) in [5.41, 5.74) is 17.3. The van der Waals surface area contributed by atoms with Gasteiger partial charge in [-0.2, -0.15) is 0 Å². The van der Waals surface area contributed by atoms with E-state index >= 15 is 3.74 Å². The quantitative estimate of drug-likeness (QED) is 0.162. The van der Waals surface area contributed by atoms with Gasteiger partial charge in [0.25, 0.3) is 0 Å². The first-order valence-electron chi connectivity index (χ1n) is 24.0. The molecule has 0 aliphatic carbocycles. The first-order valence-corrected chi connectivity index (χ1v) is 27.6. The number of hydrogen-bond acceptors (Lipinski definition) is 1. The second kappa shape index (κ2) is 12.6. The van der Waals surface area contributed by atoms with Crippen LogP contribution < -0.4 is 13.1 Å². The van der Waals surface area contributed by atoms with Crippen molar-refractivity contribution in [2.45, 2.75) is 57.8 Å². The summed E-state index contributed by atoms with van der Waals surface area (Å²) in [6.07, 6.45) is 0. The minimum absolute atomic E-state index is 0.286. The molecule has 0 saturated carbocycles. The normalized spacial score (nSPS) is 15.9. The molecule has 0 spiro atoms. The van der Waals surface area contributed by atoms with Crippen LogP contribution in [0, 0.1) is 0 Å². The summed E-state index contributed by atoms with van der Waals surface area (Å²) in [4.78, 5) is 0. The molecule has 9 aromatic carbocycles. The van der Waals surface area contributed by atoms with Gasteiger partial charge in [-0.15, -0.1) is 0 Å². The van der Waals surface area contributed by atoms with Crippen LogP contribution in [0.3, 0.4) is 0 Å². The summed E-state index contributed by atoms with van der Waals surface area (Å²) >= 11 is -4.70. The molecule has 0 atom stereocenters. The van der Waals surface area contributed by atoms with Crippen molar-refractivity contribution in [2.24, 2.45) is 0 Å². The Morgan fingerprint density at radius 3 is 0.897 bits per heavy atom. The Kier molecular flexibility index (Phi) is 7.21. The Bertz CT molecular complexity index is 3900. The number of benzene rings is 9. The maximum absolute atomic E-state index is 17.9. The van der Waals surface area contributed by atoms with Gasteiger partial charge in [0.1, 0.15) is 0 Å². The summed E-state index contributed by atoms with van der Waals surface area (Å²) in [6, 6.07) is 67.2. The molecule has 0 unspecified atom stereocenters. The molecule has 0 bridgehead atoms. The van der Waals surface area contributed by atoms with Crippen molar-refractivity contribution in [1.29, 1.82) is 0 Å². The molecular weight excluding hydrogens is 890 g/mol. The van der Waals surface area contributed by atoms with Crippen molar-refractivity contribution in [3.8, 4) is 17.1 Å². The maximum atomic E-state index is 17.9. The van der Waals surface area contributed by atoms with Gasteiger partial charge in [0.15, 0.2) is 0 Å². The molecule has 326 valence electrons. The SMILES string of the molecule is CC1(C)c2ccc([As](=O)(c3ccc4c(c3)-n3c5ccccc5c5cccc(c53)C4(C)C)c3ccc4c(c3)-n3c5ccccc5c5cccc(c53)C4(C)C)cc2-n2c3ccccc3c3cccc1c32. The summed E-state index contributed by atoms with van der Waals surface area (Å²) in [6.45, 7) is 14.1. The molecule has 5 heteroatoms. The van der Waals surface area contributed by atoms with Crippen LogP contribution in [0.5, 0.6) is 0 Å². The fourth-order valence-corrected chi connectivity index (χ4v) is 19.1. The fourth-order valence-electron chi connectivity index (χ4n) is 13.5. The Morgan fingerprint density at radius 1 is 0.309 bits per heavy atom. The molecule has 15 rings (SSSR count). The molecule has 3 aliphatic rings. The topological polar surface area (TPSA) is 31.9 Å². The molecule has 3 aromatic heterocycles. The second-order valence-electron chi connectivity index (χ2n) is 21.3. The molecule has 6 heterocycles. The Labute approximate surface area is 397 Å². The van der Waals surface area contributed by atoms with Gasteiger partial charge in [-0.3, -0.25) is 0 Å². The monoisotopic (exact) mass is 937 g/mol. The molecule has 4 nitrogen and oxygen atoms in total. The molecule has 0 fully saturated rings. The van der Waals surface area contributed by atoms with Crippen LogP contribution in [0.2, 0.25) is 0 Å². The number of aromatic nitrogens is 3. The van der Waals surface area contributed by atoms with E-state index in [4.69, 9.17) is 0 Å². The van der Waals surface area contributed by atoms with Gasteiger partial charge in [-0.1, -0.05) is 0 Å². The van der Waals surface area contributed by atoms with Crippen molar-refractivity contribution in [2.75, 3.05) is 0 Å². The number of hydrogen-bond donors (Lipinski definition) is 0. The van der Waals surface area contributed by atoms with Crippen molar-refractivity contribution in [1.82, 2.24) is 13.7 Å². The van der Waals surface area contributed by atoms with Gasteiger partial charge in [0, 0.05) is 0 Å². The van der Waals surface area contributed by atoms with Crippen LogP contribution in [-0.4, -0.2) is 27.2 Å². The summed E-state index contributed by atoms with van der Waals surface area (Å²) in [5, 5.41) is 7.46. The first kappa shape index (κ1) is 38.8. The Morgan fingerprint density at radius 2 is 0.588 bits per heavy atom. The molecule has 3 aliphatic heterocycles. The summed E-state index contributed by atoms with van der Waals surface area (Å²) in [7, 11) is 0. The van der Waals surface area contributed by atoms with E-state index in [1.54, 1.807) is 0 Å². The van der Waals surface area contributed by atoms with Crippen molar-refractivity contribution in [3.05, 3.63) is 215 Å². The van der Waals surface area contributed by atoms with Gasteiger partial charge >= 0.3 is 400 Å². The molecule has 0 amide bonds. The van der Waals surface area contributed by atoms with Crippen molar-refractivity contribution < 1.29 is 3.74 Å². The predicted octanol–water partition coefficient (Wildman–Crippen LogP) is 13.3. The summed E-state index contributed by atoms with van der Waals surface area (Å²) < 4.78 is 27.9. The van der Waals surface area contributed by atoms with Gasteiger partial charge in [0.2, 0.25) is 0 Å². The number of rotatable bonds is 3. The fraction of sp³-hybridized carbons (Fsp3) is 0.143. The van der Waals surface area contributed by atoms with E-state index < -0.39 is 13.5 Å². The molecule has 0 N–H and O–H groups in total. The zero-order valence-corrected chi connectivity index (χ0v) is 40.9. The van der Waals surface area contributed by atoms with Crippen LogP contribution in [0.1, 0.15) is 74.9 Å². The number of nitrogens with zero attached hydrogens (tertiary/aromatic N) is 3. The van der Waals surface area contributed by atoms with Crippen LogP contribution in [0.25, 0.3) is 82.5 Å². The standard InChI is InChI=1S/C63H48AsN3O/c1-61(2)46-31-28-37(34-55(46)65-52-25-10-7-16-40(52)43-19-13-22-49(61)58(43)65)64(68,38-29-32-47-56(35-38)66-53-26-11-8-17-41(53)44-20-14-23-50(59(44)66)62(47,3)4)39-30-33-48-57(36-39)67-54-27-12-9-18-42(54)45-21-15-24-51(60(45)67)63(48,5)6/h7-36H,1-6H3. The first-order chi connectivity index (χ1) is 32.9. The van der Waals surface area contributed by atoms with Gasteiger partial charge < -0.3 is 0 Å². The van der Waals surface area contributed by atoms with Gasteiger partial charge in [-0.05, 0) is 0 Å². The molecular formula is C63H48AsN3O. The zero-order chi connectivity index (χ0) is 45.8. The molecule has 0 saturated heterocycles. The molecule has 68 heavy (non-hydrogen) atoms. The zero-order valence-electron chi connectivity index (χ0n) is 39.0. The van der Waals surface area contributed by atoms with E-state index in [-0.39, 0.29) is 16.2 Å². The predicted molar refractivity (Wildman–Crippen MR) is 284 cm³/mol. The number of fused-ring (bicyclic) bond motifs is 15. The van der Waals surface area contributed by atoms with E-state index in [1.807, 2.05) is 0 Å².